The molecule has 0 aromatic carbocycles. The average molecular weight is 250 g/mol. The Labute approximate surface area is 98.3 Å². The van der Waals surface area contributed by atoms with Crippen LogP contribution in [-0.4, -0.2) is 33.0 Å². The Morgan fingerprint density at radius 1 is 1.25 bits per heavy atom. The van der Waals surface area contributed by atoms with E-state index in [9.17, 15) is 13.2 Å². The summed E-state index contributed by atoms with van der Waals surface area (Å²) in [4.78, 5) is 11.4. The number of ether oxygens (including phenoxy) is 1. The van der Waals surface area contributed by atoms with E-state index in [1.165, 1.54) is 7.11 Å². The van der Waals surface area contributed by atoms with Gasteiger partial charge in [0.2, 0.25) is 0 Å². The lowest BCUT2D eigenvalue weighted by molar-refractivity contribution is -0.149. The van der Waals surface area contributed by atoms with E-state index in [-0.39, 0.29) is 11.5 Å². The van der Waals surface area contributed by atoms with Gasteiger partial charge in [-0.3, -0.25) is 4.79 Å². The molecule has 0 heterocycles. The number of sulfone groups is 1. The van der Waals surface area contributed by atoms with E-state index in [1.807, 2.05) is 6.92 Å². The van der Waals surface area contributed by atoms with E-state index in [0.29, 0.717) is 6.42 Å². The van der Waals surface area contributed by atoms with Gasteiger partial charge in [-0.15, -0.1) is 0 Å². The van der Waals surface area contributed by atoms with Crippen molar-refractivity contribution in [3.8, 4) is 0 Å². The first-order chi connectivity index (χ1) is 7.25. The molecule has 0 bridgehead atoms. The fourth-order valence-corrected chi connectivity index (χ4v) is 3.53. The van der Waals surface area contributed by atoms with Crippen molar-refractivity contribution in [1.82, 2.24) is 0 Å². The van der Waals surface area contributed by atoms with Crippen molar-refractivity contribution in [2.75, 3.05) is 18.6 Å². The number of carbonyl (C=O) groups excluding carboxylic acids is 1. The van der Waals surface area contributed by atoms with Gasteiger partial charge < -0.3 is 4.74 Å². The van der Waals surface area contributed by atoms with E-state index in [4.69, 9.17) is 0 Å². The third-order valence-corrected chi connectivity index (χ3v) is 4.45. The SMILES string of the molecule is CCCCCS(=O)(=O)CC(C)(C)C(=O)OC. The number of hydrogen-bond acceptors (Lipinski definition) is 4. The second-order valence-electron chi connectivity index (χ2n) is 4.67. The molecule has 0 aromatic heterocycles. The molecule has 0 atom stereocenters. The Balaban J connectivity index is 4.40. The molecule has 0 spiro atoms. The van der Waals surface area contributed by atoms with Crippen molar-refractivity contribution in [2.45, 2.75) is 40.0 Å². The molecule has 0 aliphatic rings. The maximum Gasteiger partial charge on any atom is 0.312 e. The molecule has 0 saturated heterocycles. The van der Waals surface area contributed by atoms with E-state index in [2.05, 4.69) is 4.74 Å². The summed E-state index contributed by atoms with van der Waals surface area (Å²) in [6.07, 6.45) is 2.55. The molecule has 5 heteroatoms. The summed E-state index contributed by atoms with van der Waals surface area (Å²) >= 11 is 0. The van der Waals surface area contributed by atoms with Crippen molar-refractivity contribution in [1.29, 1.82) is 0 Å². The van der Waals surface area contributed by atoms with Crippen molar-refractivity contribution in [3.63, 3.8) is 0 Å². The monoisotopic (exact) mass is 250 g/mol. The van der Waals surface area contributed by atoms with Crippen LogP contribution >= 0.6 is 0 Å². The number of esters is 1. The topological polar surface area (TPSA) is 60.4 Å². The minimum Gasteiger partial charge on any atom is -0.469 e. The Kier molecular flexibility index (Phi) is 6.00. The fourth-order valence-electron chi connectivity index (χ4n) is 1.53. The number of carbonyl (C=O) groups is 1. The molecule has 0 saturated carbocycles. The number of methoxy groups -OCH3 is 1. The van der Waals surface area contributed by atoms with Crippen LogP contribution in [0.4, 0.5) is 0 Å². The second-order valence-corrected chi connectivity index (χ2v) is 6.86. The van der Waals surface area contributed by atoms with Gasteiger partial charge >= 0.3 is 5.97 Å². The molecule has 0 aliphatic heterocycles. The van der Waals surface area contributed by atoms with E-state index in [1.54, 1.807) is 13.8 Å². The number of rotatable bonds is 7. The predicted octanol–water partition coefficient (Wildman–Crippen LogP) is 1.79. The summed E-state index contributed by atoms with van der Waals surface area (Å²) in [5.41, 5.74) is -0.959. The van der Waals surface area contributed by atoms with Gasteiger partial charge in [0.15, 0.2) is 9.84 Å². The fraction of sp³-hybridized carbons (Fsp3) is 0.909. The molecule has 96 valence electrons. The standard InChI is InChI=1S/C11H22O4S/c1-5-6-7-8-16(13,14)9-11(2,3)10(12)15-4/h5-9H2,1-4H3. The molecule has 0 rings (SSSR count). The van der Waals surface area contributed by atoms with Crippen LogP contribution < -0.4 is 0 Å². The minimum absolute atomic E-state index is 0.142. The third kappa shape index (κ3) is 5.49. The molecule has 0 radical (unpaired) electrons. The summed E-state index contributed by atoms with van der Waals surface area (Å²) in [5.74, 6) is -0.468. The third-order valence-electron chi connectivity index (χ3n) is 2.38. The lowest BCUT2D eigenvalue weighted by atomic mass is 9.97. The maximum absolute atomic E-state index is 11.7. The molecule has 16 heavy (non-hydrogen) atoms. The first-order valence-electron chi connectivity index (χ1n) is 5.54. The maximum atomic E-state index is 11.7. The first kappa shape index (κ1) is 15.4. The van der Waals surface area contributed by atoms with Crippen LogP contribution in [0.1, 0.15) is 40.0 Å². The Hall–Kier alpha value is -0.580. The van der Waals surface area contributed by atoms with Gasteiger partial charge in [-0.25, -0.2) is 8.42 Å². The van der Waals surface area contributed by atoms with E-state index < -0.39 is 21.2 Å². The van der Waals surface area contributed by atoms with Crippen LogP contribution in [0.5, 0.6) is 0 Å². The molecule has 0 N–H and O–H groups in total. The highest BCUT2D eigenvalue weighted by molar-refractivity contribution is 7.91. The molecule has 4 nitrogen and oxygen atoms in total. The van der Waals surface area contributed by atoms with Gasteiger partial charge in [-0.1, -0.05) is 19.8 Å². The number of unbranched alkanes of at least 4 members (excludes halogenated alkanes) is 2. The van der Waals surface area contributed by atoms with Gasteiger partial charge in [-0.05, 0) is 20.3 Å². The predicted molar refractivity (Wildman–Crippen MR) is 64.0 cm³/mol. The van der Waals surface area contributed by atoms with Gasteiger partial charge in [0.05, 0.1) is 24.0 Å². The molecule has 0 unspecified atom stereocenters. The summed E-state index contributed by atoms with van der Waals surface area (Å²) in [5, 5.41) is 0. The minimum atomic E-state index is -3.17. The average Bonchev–Trinajstić information content (AvgIpc) is 2.15. The normalized spacial score (nSPS) is 12.5. The smallest absolute Gasteiger partial charge is 0.312 e. The van der Waals surface area contributed by atoms with Gasteiger partial charge in [0.25, 0.3) is 0 Å². The van der Waals surface area contributed by atoms with Crippen LogP contribution in [-0.2, 0) is 19.4 Å². The molecule has 0 aromatic rings. The van der Waals surface area contributed by atoms with Gasteiger partial charge in [-0.2, -0.15) is 0 Å². The molecular weight excluding hydrogens is 228 g/mol. The first-order valence-corrected chi connectivity index (χ1v) is 7.36. The van der Waals surface area contributed by atoms with Crippen molar-refractivity contribution >= 4 is 15.8 Å². The Morgan fingerprint density at radius 3 is 2.25 bits per heavy atom. The highest BCUT2D eigenvalue weighted by atomic mass is 32.2. The summed E-state index contributed by atoms with van der Waals surface area (Å²) < 4.78 is 28.1. The highest BCUT2D eigenvalue weighted by Gasteiger charge is 2.34. The summed E-state index contributed by atoms with van der Waals surface area (Å²) in [7, 11) is -1.90. The summed E-state index contributed by atoms with van der Waals surface area (Å²) in [6.45, 7) is 5.21. The van der Waals surface area contributed by atoms with Crippen LogP contribution in [0.25, 0.3) is 0 Å². The lowest BCUT2D eigenvalue weighted by Gasteiger charge is -2.20. The van der Waals surface area contributed by atoms with Gasteiger partial charge in [0.1, 0.15) is 0 Å². The van der Waals surface area contributed by atoms with Crippen LogP contribution in [0.3, 0.4) is 0 Å². The lowest BCUT2D eigenvalue weighted by Crippen LogP contribution is -2.34. The van der Waals surface area contributed by atoms with E-state index >= 15 is 0 Å². The Bertz CT molecular complexity index is 317. The second kappa shape index (κ2) is 6.23. The zero-order valence-corrected chi connectivity index (χ0v) is 11.4. The highest BCUT2D eigenvalue weighted by Crippen LogP contribution is 2.20. The number of hydrogen-bond donors (Lipinski definition) is 0. The van der Waals surface area contributed by atoms with Crippen molar-refractivity contribution < 1.29 is 17.9 Å². The zero-order valence-electron chi connectivity index (χ0n) is 10.6. The van der Waals surface area contributed by atoms with Crippen molar-refractivity contribution in [3.05, 3.63) is 0 Å². The molecular formula is C11H22O4S. The van der Waals surface area contributed by atoms with Gasteiger partial charge in [0, 0.05) is 0 Å². The van der Waals surface area contributed by atoms with Crippen LogP contribution in [0, 0.1) is 5.41 Å². The Morgan fingerprint density at radius 2 is 1.81 bits per heavy atom. The molecule has 0 aliphatic carbocycles. The van der Waals surface area contributed by atoms with Crippen LogP contribution in [0.15, 0.2) is 0 Å². The zero-order chi connectivity index (χ0) is 12.8. The van der Waals surface area contributed by atoms with Crippen LogP contribution in [0.2, 0.25) is 0 Å². The largest absolute Gasteiger partial charge is 0.469 e. The quantitative estimate of drug-likeness (QED) is 0.510. The van der Waals surface area contributed by atoms with Crippen molar-refractivity contribution in [2.24, 2.45) is 5.41 Å². The van der Waals surface area contributed by atoms with E-state index in [0.717, 1.165) is 12.8 Å². The summed E-state index contributed by atoms with van der Waals surface area (Å²) in [6, 6.07) is 0. The molecule has 0 amide bonds. The molecule has 0 fully saturated rings.